The fourth-order valence-electron chi connectivity index (χ4n) is 0.604. The van der Waals surface area contributed by atoms with Crippen molar-refractivity contribution >= 4 is 22.5 Å². The van der Waals surface area contributed by atoms with Crippen molar-refractivity contribution in [3.05, 3.63) is 23.8 Å². The minimum atomic E-state index is -0.859. The van der Waals surface area contributed by atoms with Gasteiger partial charge in [0.1, 0.15) is 5.69 Å². The quantitative estimate of drug-likeness (QED) is 0.514. The second kappa shape index (κ2) is 2.84. The van der Waals surface area contributed by atoms with E-state index in [-0.39, 0.29) is 11.4 Å². The molecular weight excluding hydrogens is 171 g/mol. The highest BCUT2D eigenvalue weighted by Gasteiger charge is 2.08. The minimum Gasteiger partial charge on any atom is -0.397 e. The Morgan fingerprint density at radius 1 is 1.64 bits per heavy atom. The van der Waals surface area contributed by atoms with E-state index in [0.717, 1.165) is 6.07 Å². The zero-order chi connectivity index (χ0) is 8.43. The van der Waals surface area contributed by atoms with E-state index >= 15 is 0 Å². The molecule has 0 aromatic carbocycles. The van der Waals surface area contributed by atoms with Gasteiger partial charge in [0.25, 0.3) is 5.24 Å². The van der Waals surface area contributed by atoms with E-state index in [1.54, 1.807) is 0 Å². The zero-order valence-electron chi connectivity index (χ0n) is 5.34. The highest BCUT2D eigenvalue weighted by atomic mass is 35.5. The van der Waals surface area contributed by atoms with Gasteiger partial charge in [0.05, 0.1) is 5.69 Å². The summed E-state index contributed by atoms with van der Waals surface area (Å²) in [6, 6.07) is 2.29. The summed E-state index contributed by atoms with van der Waals surface area (Å²) in [5, 5.41) is -0.859. The monoisotopic (exact) mass is 174 g/mol. The summed E-state index contributed by atoms with van der Waals surface area (Å²) >= 11 is 5.03. The van der Waals surface area contributed by atoms with Gasteiger partial charge in [-0.15, -0.1) is 0 Å². The Balaban J connectivity index is 3.23. The fraction of sp³-hybridized carbons (Fsp3) is 0. The summed E-state index contributed by atoms with van der Waals surface area (Å²) < 4.78 is 12.3. The van der Waals surface area contributed by atoms with Gasteiger partial charge in [0, 0.05) is 0 Å². The van der Waals surface area contributed by atoms with Crippen LogP contribution >= 0.6 is 11.6 Å². The molecule has 0 radical (unpaired) electrons. The molecule has 1 aromatic rings. The van der Waals surface area contributed by atoms with Crippen LogP contribution in [0.3, 0.4) is 0 Å². The molecule has 58 valence electrons. The minimum absolute atomic E-state index is 0.0754. The average molecular weight is 175 g/mol. The van der Waals surface area contributed by atoms with Crippen LogP contribution in [0.2, 0.25) is 0 Å². The van der Waals surface area contributed by atoms with Gasteiger partial charge in [-0.3, -0.25) is 4.79 Å². The molecule has 0 saturated heterocycles. The van der Waals surface area contributed by atoms with Crippen LogP contribution in [0.15, 0.2) is 12.1 Å². The number of hydrogen-bond acceptors (Lipinski definition) is 3. The number of rotatable bonds is 1. The molecule has 11 heavy (non-hydrogen) atoms. The largest absolute Gasteiger partial charge is 0.397 e. The normalized spacial score (nSPS) is 9.64. The molecule has 1 heterocycles. The number of carbonyl (C=O) groups excluding carboxylic acids is 1. The first kappa shape index (κ1) is 7.94. The second-order valence-corrected chi connectivity index (χ2v) is 2.19. The van der Waals surface area contributed by atoms with E-state index in [1.165, 1.54) is 6.07 Å². The third-order valence-corrected chi connectivity index (χ3v) is 1.26. The molecule has 3 nitrogen and oxygen atoms in total. The Morgan fingerprint density at radius 3 is 2.73 bits per heavy atom. The third kappa shape index (κ3) is 1.65. The van der Waals surface area contributed by atoms with E-state index in [2.05, 4.69) is 4.98 Å². The third-order valence-electron chi connectivity index (χ3n) is 1.08. The van der Waals surface area contributed by atoms with Gasteiger partial charge in [-0.1, -0.05) is 0 Å². The van der Waals surface area contributed by atoms with Crippen LogP contribution in [0.25, 0.3) is 0 Å². The Hall–Kier alpha value is -1.16. The molecule has 2 N–H and O–H groups in total. The molecule has 0 atom stereocenters. The summed E-state index contributed by atoms with van der Waals surface area (Å²) in [6.07, 6.45) is 0. The number of nitrogens with two attached hydrogens (primary N) is 1. The molecule has 0 spiro atoms. The molecular formula is C6H4ClFN2O. The van der Waals surface area contributed by atoms with Crippen molar-refractivity contribution in [2.45, 2.75) is 0 Å². The lowest BCUT2D eigenvalue weighted by molar-refractivity contribution is 0.107. The van der Waals surface area contributed by atoms with Crippen LogP contribution in [0, 0.1) is 5.95 Å². The summed E-state index contributed by atoms with van der Waals surface area (Å²) in [5.74, 6) is -0.775. The van der Waals surface area contributed by atoms with Crippen LogP contribution in [0.5, 0.6) is 0 Å². The fourth-order valence-corrected chi connectivity index (χ4v) is 0.755. The number of pyridine rings is 1. The Morgan fingerprint density at radius 2 is 2.27 bits per heavy atom. The number of hydrogen-bond donors (Lipinski definition) is 1. The van der Waals surface area contributed by atoms with Crippen molar-refractivity contribution in [2.75, 3.05) is 5.73 Å². The van der Waals surface area contributed by atoms with Gasteiger partial charge in [0.2, 0.25) is 5.95 Å². The summed E-state index contributed by atoms with van der Waals surface area (Å²) in [5.41, 5.74) is 5.09. The average Bonchev–Trinajstić information content (AvgIpc) is 1.94. The first-order valence-electron chi connectivity index (χ1n) is 2.73. The first-order valence-corrected chi connectivity index (χ1v) is 3.11. The maximum absolute atomic E-state index is 12.3. The molecule has 0 aliphatic carbocycles. The van der Waals surface area contributed by atoms with E-state index < -0.39 is 11.2 Å². The molecule has 0 amide bonds. The van der Waals surface area contributed by atoms with E-state index in [1.807, 2.05) is 0 Å². The number of anilines is 1. The molecule has 0 fully saturated rings. The predicted octanol–water partition coefficient (Wildman–Crippen LogP) is 1.18. The Kier molecular flexibility index (Phi) is 2.05. The van der Waals surface area contributed by atoms with Gasteiger partial charge in [-0.05, 0) is 23.7 Å². The molecule has 0 bridgehead atoms. The zero-order valence-corrected chi connectivity index (χ0v) is 6.10. The van der Waals surface area contributed by atoms with Crippen molar-refractivity contribution in [1.82, 2.24) is 4.98 Å². The first-order chi connectivity index (χ1) is 5.11. The van der Waals surface area contributed by atoms with Crippen LogP contribution in [-0.4, -0.2) is 10.2 Å². The SMILES string of the molecule is Nc1ccc(F)nc1C(=O)Cl. The van der Waals surface area contributed by atoms with Gasteiger partial charge < -0.3 is 5.73 Å². The van der Waals surface area contributed by atoms with Crippen LogP contribution in [0.4, 0.5) is 10.1 Å². The Labute approximate surface area is 67.0 Å². The van der Waals surface area contributed by atoms with E-state index in [4.69, 9.17) is 17.3 Å². The number of nitrogen functional groups attached to an aromatic ring is 1. The van der Waals surface area contributed by atoms with Gasteiger partial charge in [-0.2, -0.15) is 4.39 Å². The molecule has 0 aliphatic rings. The molecule has 0 unspecified atom stereocenters. The number of nitrogens with zero attached hydrogens (tertiary/aromatic N) is 1. The molecule has 5 heteroatoms. The maximum atomic E-state index is 12.3. The van der Waals surface area contributed by atoms with Crippen molar-refractivity contribution in [3.8, 4) is 0 Å². The van der Waals surface area contributed by atoms with E-state index in [9.17, 15) is 9.18 Å². The van der Waals surface area contributed by atoms with Crippen LogP contribution in [0.1, 0.15) is 10.5 Å². The second-order valence-electron chi connectivity index (χ2n) is 1.85. The van der Waals surface area contributed by atoms with Crippen molar-refractivity contribution < 1.29 is 9.18 Å². The predicted molar refractivity (Wildman–Crippen MR) is 38.8 cm³/mol. The topological polar surface area (TPSA) is 56.0 Å². The highest BCUT2D eigenvalue weighted by Crippen LogP contribution is 2.11. The molecule has 1 rings (SSSR count). The maximum Gasteiger partial charge on any atom is 0.273 e. The highest BCUT2D eigenvalue weighted by molar-refractivity contribution is 6.68. The lowest BCUT2D eigenvalue weighted by Crippen LogP contribution is -2.02. The van der Waals surface area contributed by atoms with Crippen LogP contribution in [-0.2, 0) is 0 Å². The van der Waals surface area contributed by atoms with Crippen molar-refractivity contribution in [1.29, 1.82) is 0 Å². The summed E-state index contributed by atoms with van der Waals surface area (Å²) in [4.78, 5) is 13.7. The number of carbonyl (C=O) groups is 1. The van der Waals surface area contributed by atoms with Crippen molar-refractivity contribution in [2.24, 2.45) is 0 Å². The van der Waals surface area contributed by atoms with Crippen molar-refractivity contribution in [3.63, 3.8) is 0 Å². The summed E-state index contributed by atoms with van der Waals surface area (Å²) in [7, 11) is 0. The number of halogens is 2. The molecule has 0 aliphatic heterocycles. The standard InChI is InChI=1S/C6H4ClFN2O/c7-6(11)5-3(9)1-2-4(8)10-5/h1-2H,9H2. The lowest BCUT2D eigenvalue weighted by Gasteiger charge is -1.97. The number of aromatic nitrogens is 1. The summed E-state index contributed by atoms with van der Waals surface area (Å²) in [6.45, 7) is 0. The van der Waals surface area contributed by atoms with Gasteiger partial charge >= 0.3 is 0 Å². The van der Waals surface area contributed by atoms with Gasteiger partial charge in [-0.25, -0.2) is 4.98 Å². The van der Waals surface area contributed by atoms with Crippen LogP contribution < -0.4 is 5.73 Å². The Bertz CT molecular complexity index is 303. The lowest BCUT2D eigenvalue weighted by atomic mass is 10.3. The van der Waals surface area contributed by atoms with E-state index in [0.29, 0.717) is 0 Å². The van der Waals surface area contributed by atoms with Gasteiger partial charge in [0.15, 0.2) is 0 Å². The smallest absolute Gasteiger partial charge is 0.273 e. The molecule has 1 aromatic heterocycles. The molecule has 0 saturated carbocycles.